The summed E-state index contributed by atoms with van der Waals surface area (Å²) in [5.74, 6) is -0.130. The Kier molecular flexibility index (Phi) is 6.05. The van der Waals surface area contributed by atoms with Gasteiger partial charge in [0.1, 0.15) is 0 Å². The maximum Gasteiger partial charge on any atom is 0.268 e. The summed E-state index contributed by atoms with van der Waals surface area (Å²) in [4.78, 5) is 17.8. The van der Waals surface area contributed by atoms with Crippen LogP contribution in [0.15, 0.2) is 84.4 Å². The Hall–Kier alpha value is -4.04. The van der Waals surface area contributed by atoms with Crippen molar-refractivity contribution in [3.8, 4) is 0 Å². The molecule has 8 heteroatoms. The second-order valence-corrected chi connectivity index (χ2v) is 10.8. The van der Waals surface area contributed by atoms with Gasteiger partial charge in [-0.2, -0.15) is 0 Å². The number of anilines is 2. The quantitative estimate of drug-likeness (QED) is 0.411. The highest BCUT2D eigenvalue weighted by atomic mass is 32.2. The molecule has 4 aromatic rings. The summed E-state index contributed by atoms with van der Waals surface area (Å²) in [6.07, 6.45) is 3.14. The number of nitrogens with two attached hydrogens (primary N) is 1. The second kappa shape index (κ2) is 9.20. The number of carbonyl (C=O) groups is 1. The first-order chi connectivity index (χ1) is 17.3. The molecule has 0 spiro atoms. The molecule has 1 saturated heterocycles. The summed E-state index contributed by atoms with van der Waals surface area (Å²) < 4.78 is 28.1. The average molecular weight is 501 g/mol. The molecule has 7 nitrogen and oxygen atoms in total. The van der Waals surface area contributed by atoms with Crippen LogP contribution in [0.1, 0.15) is 21.5 Å². The smallest absolute Gasteiger partial charge is 0.268 e. The Bertz CT molecular complexity index is 1560. The number of aromatic nitrogens is 1. The molecule has 0 saturated carbocycles. The normalized spacial score (nSPS) is 14.2. The van der Waals surface area contributed by atoms with E-state index in [4.69, 9.17) is 5.73 Å². The number of nitrogen functional groups attached to an aromatic ring is 1. The standard InChI is InChI=1S/C28H28N4O3S/c1-3-21-18-24(28(33)31-16-14-30(15-17-31)26-7-5-4-6-25(26)29)23-12-13-32(27(23)19-21)36(34,35)22-10-8-20(2)9-11-22/h3-13,18-19H,1,14-17,29H2,2H3. The Morgan fingerprint density at radius 1 is 0.972 bits per heavy atom. The lowest BCUT2D eigenvalue weighted by Gasteiger charge is -2.36. The predicted octanol–water partition coefficient (Wildman–Crippen LogP) is 4.37. The van der Waals surface area contributed by atoms with Gasteiger partial charge in [-0.3, -0.25) is 4.79 Å². The fourth-order valence-electron chi connectivity index (χ4n) is 4.66. The lowest BCUT2D eigenvalue weighted by atomic mass is 10.0. The van der Waals surface area contributed by atoms with Gasteiger partial charge in [0, 0.05) is 43.3 Å². The maximum absolute atomic E-state index is 13.6. The molecule has 1 amide bonds. The first kappa shape index (κ1) is 23.7. The third-order valence-electron chi connectivity index (χ3n) is 6.68. The molecule has 0 bridgehead atoms. The monoisotopic (exact) mass is 500 g/mol. The van der Waals surface area contributed by atoms with Crippen LogP contribution in [-0.4, -0.2) is 49.4 Å². The number of hydrogen-bond donors (Lipinski definition) is 1. The van der Waals surface area contributed by atoms with E-state index in [0.29, 0.717) is 53.9 Å². The summed E-state index contributed by atoms with van der Waals surface area (Å²) in [6, 6.07) is 19.7. The minimum Gasteiger partial charge on any atom is -0.397 e. The molecule has 0 aliphatic carbocycles. The largest absolute Gasteiger partial charge is 0.397 e. The van der Waals surface area contributed by atoms with Gasteiger partial charge >= 0.3 is 0 Å². The van der Waals surface area contributed by atoms with Crippen LogP contribution in [-0.2, 0) is 10.0 Å². The molecule has 0 atom stereocenters. The number of piperazine rings is 1. The lowest BCUT2D eigenvalue weighted by Crippen LogP contribution is -2.49. The fourth-order valence-corrected chi connectivity index (χ4v) is 6.00. The van der Waals surface area contributed by atoms with E-state index in [1.54, 1.807) is 48.5 Å². The summed E-state index contributed by atoms with van der Waals surface area (Å²) in [6.45, 7) is 8.15. The highest BCUT2D eigenvalue weighted by molar-refractivity contribution is 7.90. The maximum atomic E-state index is 13.6. The van der Waals surface area contributed by atoms with Crippen molar-refractivity contribution in [1.82, 2.24) is 8.87 Å². The summed E-state index contributed by atoms with van der Waals surface area (Å²) in [7, 11) is -3.83. The van der Waals surface area contributed by atoms with Crippen molar-refractivity contribution in [2.24, 2.45) is 0 Å². The number of para-hydroxylation sites is 2. The van der Waals surface area contributed by atoms with Crippen LogP contribution in [0, 0.1) is 6.92 Å². The Morgan fingerprint density at radius 2 is 1.67 bits per heavy atom. The van der Waals surface area contributed by atoms with Crippen molar-refractivity contribution >= 4 is 44.3 Å². The Labute approximate surface area is 211 Å². The molecule has 0 radical (unpaired) electrons. The van der Waals surface area contributed by atoms with E-state index in [-0.39, 0.29) is 10.8 Å². The molecular formula is C28H28N4O3S. The molecule has 2 heterocycles. The van der Waals surface area contributed by atoms with E-state index in [0.717, 1.165) is 11.3 Å². The number of amides is 1. The molecule has 36 heavy (non-hydrogen) atoms. The van der Waals surface area contributed by atoms with E-state index < -0.39 is 10.0 Å². The molecule has 0 unspecified atom stereocenters. The van der Waals surface area contributed by atoms with E-state index in [9.17, 15) is 13.2 Å². The van der Waals surface area contributed by atoms with Crippen molar-refractivity contribution in [3.63, 3.8) is 0 Å². The van der Waals surface area contributed by atoms with Gasteiger partial charge in [0.05, 0.1) is 21.8 Å². The highest BCUT2D eigenvalue weighted by Crippen LogP contribution is 2.29. The molecule has 184 valence electrons. The minimum absolute atomic E-state index is 0.130. The number of benzene rings is 3. The molecule has 1 aliphatic rings. The van der Waals surface area contributed by atoms with E-state index >= 15 is 0 Å². The topological polar surface area (TPSA) is 88.6 Å². The first-order valence-electron chi connectivity index (χ1n) is 11.8. The van der Waals surface area contributed by atoms with Gasteiger partial charge in [0.25, 0.3) is 15.9 Å². The summed E-state index contributed by atoms with van der Waals surface area (Å²) >= 11 is 0. The van der Waals surface area contributed by atoms with Crippen LogP contribution < -0.4 is 10.6 Å². The number of aryl methyl sites for hydroxylation is 1. The molecule has 1 aliphatic heterocycles. The van der Waals surface area contributed by atoms with Gasteiger partial charge in [-0.1, -0.05) is 42.5 Å². The second-order valence-electron chi connectivity index (χ2n) is 8.97. The number of fused-ring (bicyclic) bond motifs is 1. The highest BCUT2D eigenvalue weighted by Gasteiger charge is 2.27. The van der Waals surface area contributed by atoms with Crippen molar-refractivity contribution in [1.29, 1.82) is 0 Å². The van der Waals surface area contributed by atoms with Crippen molar-refractivity contribution < 1.29 is 13.2 Å². The van der Waals surface area contributed by atoms with Crippen molar-refractivity contribution in [2.45, 2.75) is 11.8 Å². The SMILES string of the molecule is C=Cc1cc(C(=O)N2CCN(c3ccccc3N)CC2)c2ccn(S(=O)(=O)c3ccc(C)cc3)c2c1. The molecule has 5 rings (SSSR count). The molecule has 1 fully saturated rings. The zero-order chi connectivity index (χ0) is 25.4. The van der Waals surface area contributed by atoms with Crippen LogP contribution in [0.3, 0.4) is 0 Å². The van der Waals surface area contributed by atoms with Crippen LogP contribution in [0.25, 0.3) is 17.0 Å². The van der Waals surface area contributed by atoms with Gasteiger partial charge in [0.15, 0.2) is 0 Å². The molecule has 1 aromatic heterocycles. The van der Waals surface area contributed by atoms with Crippen LogP contribution in [0.5, 0.6) is 0 Å². The van der Waals surface area contributed by atoms with Crippen molar-refractivity contribution in [2.75, 3.05) is 36.8 Å². The van der Waals surface area contributed by atoms with Gasteiger partial charge in [-0.25, -0.2) is 12.4 Å². The summed E-state index contributed by atoms with van der Waals surface area (Å²) in [5, 5.41) is 0.594. The molecular weight excluding hydrogens is 472 g/mol. The Morgan fingerprint density at radius 3 is 2.33 bits per heavy atom. The van der Waals surface area contributed by atoms with Crippen LogP contribution in [0.2, 0.25) is 0 Å². The van der Waals surface area contributed by atoms with E-state index in [1.807, 2.05) is 36.1 Å². The average Bonchev–Trinajstić information content (AvgIpc) is 3.33. The Balaban J connectivity index is 1.48. The third kappa shape index (κ3) is 4.13. The van der Waals surface area contributed by atoms with Gasteiger partial charge in [-0.05, 0) is 55.0 Å². The van der Waals surface area contributed by atoms with Gasteiger partial charge in [0.2, 0.25) is 0 Å². The number of carbonyl (C=O) groups excluding carboxylic acids is 1. The van der Waals surface area contributed by atoms with E-state index in [1.165, 1.54) is 10.2 Å². The summed E-state index contributed by atoms with van der Waals surface area (Å²) in [5.41, 5.74) is 10.4. The fraction of sp³-hybridized carbons (Fsp3) is 0.179. The number of rotatable bonds is 5. The first-order valence-corrected chi connectivity index (χ1v) is 13.2. The zero-order valence-electron chi connectivity index (χ0n) is 20.1. The van der Waals surface area contributed by atoms with Gasteiger partial charge < -0.3 is 15.5 Å². The molecule has 3 aromatic carbocycles. The van der Waals surface area contributed by atoms with Crippen LogP contribution in [0.4, 0.5) is 11.4 Å². The van der Waals surface area contributed by atoms with Gasteiger partial charge in [-0.15, -0.1) is 0 Å². The zero-order valence-corrected chi connectivity index (χ0v) is 20.9. The molecule has 2 N–H and O–H groups in total. The van der Waals surface area contributed by atoms with Crippen LogP contribution >= 0.6 is 0 Å². The van der Waals surface area contributed by atoms with E-state index in [2.05, 4.69) is 11.5 Å². The lowest BCUT2D eigenvalue weighted by molar-refractivity contribution is 0.0749. The number of nitrogens with zero attached hydrogens (tertiary/aromatic N) is 3. The van der Waals surface area contributed by atoms with Crippen molar-refractivity contribution in [3.05, 3.63) is 96.2 Å². The predicted molar refractivity (Wildman–Crippen MR) is 145 cm³/mol. The minimum atomic E-state index is -3.83. The third-order valence-corrected chi connectivity index (χ3v) is 8.39. The number of hydrogen-bond acceptors (Lipinski definition) is 5.